The quantitative estimate of drug-likeness (QED) is 0.150. The Morgan fingerprint density at radius 3 is 2.27 bits per heavy atom. The summed E-state index contributed by atoms with van der Waals surface area (Å²) in [5, 5.41) is 37.6. The van der Waals surface area contributed by atoms with Gasteiger partial charge in [0.05, 0.1) is 29.3 Å². The molecule has 59 heavy (non-hydrogen) atoms. The van der Waals surface area contributed by atoms with Gasteiger partial charge in [0, 0.05) is 18.3 Å². The van der Waals surface area contributed by atoms with Crippen molar-refractivity contribution in [3.8, 4) is 0 Å². The van der Waals surface area contributed by atoms with Crippen molar-refractivity contribution in [2.75, 3.05) is 6.54 Å². The summed E-state index contributed by atoms with van der Waals surface area (Å²) >= 11 is 0. The summed E-state index contributed by atoms with van der Waals surface area (Å²) in [7, 11) is 0. The van der Waals surface area contributed by atoms with Gasteiger partial charge in [-0.3, -0.25) is 24.2 Å². The van der Waals surface area contributed by atoms with E-state index in [0.29, 0.717) is 53.8 Å². The highest BCUT2D eigenvalue weighted by molar-refractivity contribution is 5.98. The molecule has 1 aromatic carbocycles. The fourth-order valence-electron chi connectivity index (χ4n) is 13.6. The number of nitrogens with two attached hydrogens (primary N) is 1. The van der Waals surface area contributed by atoms with Gasteiger partial charge in [-0.25, -0.2) is 4.79 Å². The predicted octanol–water partition coefficient (Wildman–Crippen LogP) is 5.09. The molecule has 5 aliphatic carbocycles. The molecule has 5 fully saturated rings. The highest BCUT2D eigenvalue weighted by atomic mass is 16.4. The summed E-state index contributed by atoms with van der Waals surface area (Å²) in [6.07, 6.45) is 13.8. The Labute approximate surface area is 347 Å². The molecule has 2 aromatic rings. The number of hydrogen-bond acceptors (Lipinski definition) is 8. The van der Waals surface area contributed by atoms with E-state index in [1.165, 1.54) is 44.0 Å². The average Bonchev–Trinajstić information content (AvgIpc) is 3.66. The zero-order valence-electron chi connectivity index (χ0n) is 35.0. The summed E-state index contributed by atoms with van der Waals surface area (Å²) in [6, 6.07) is 6.56. The smallest absolute Gasteiger partial charge is 0.328 e. The zero-order valence-corrected chi connectivity index (χ0v) is 35.0. The summed E-state index contributed by atoms with van der Waals surface area (Å²) < 4.78 is 0. The number of aliphatic hydroxyl groups is 1. The van der Waals surface area contributed by atoms with Crippen LogP contribution in [0.1, 0.15) is 130 Å². The Hall–Kier alpha value is -4.36. The lowest BCUT2D eigenvalue weighted by Crippen LogP contribution is -2.63. The molecule has 1 heterocycles. The maximum absolute atomic E-state index is 14.3. The monoisotopic (exact) mass is 813 g/mol. The van der Waals surface area contributed by atoms with Crippen LogP contribution in [-0.4, -0.2) is 74.7 Å². The Bertz CT molecular complexity index is 1950. The summed E-state index contributed by atoms with van der Waals surface area (Å²) in [5.74, 6) is -1.23. The number of carbonyl (C=O) groups is 5. The van der Waals surface area contributed by atoms with Crippen LogP contribution in [0.25, 0.3) is 0 Å². The van der Waals surface area contributed by atoms with Crippen LogP contribution in [0.15, 0.2) is 42.6 Å². The SMILES string of the molecule is CC1(C)C(O)CCC2(C)C1CCC1(C)C3CCC4(C(=O)NCCc5cccc(C(=O)NCc6ccc(C(=O)NC(C(=O)O)C(N)C(=O)O)cn6)c5)CCCC4C3CCC12. The highest BCUT2D eigenvalue weighted by Gasteiger charge is 2.67. The first kappa shape index (κ1) is 42.8. The number of carboxylic acids is 2. The number of aromatic nitrogens is 1. The number of hydrogen-bond donors (Lipinski definition) is 7. The van der Waals surface area contributed by atoms with Gasteiger partial charge in [0.25, 0.3) is 11.8 Å². The maximum atomic E-state index is 14.3. The van der Waals surface area contributed by atoms with E-state index in [0.717, 1.165) is 50.5 Å². The minimum absolute atomic E-state index is 0.000876. The van der Waals surface area contributed by atoms with Crippen molar-refractivity contribution in [3.63, 3.8) is 0 Å². The van der Waals surface area contributed by atoms with Crippen LogP contribution < -0.4 is 21.7 Å². The minimum atomic E-state index is -1.84. The molecule has 1 aromatic heterocycles. The summed E-state index contributed by atoms with van der Waals surface area (Å²) in [5.41, 5.74) is 7.44. The number of aliphatic carboxylic acids is 2. The first-order valence-corrected chi connectivity index (χ1v) is 21.7. The molecule has 5 saturated carbocycles. The second-order valence-electron chi connectivity index (χ2n) is 19.7. The van der Waals surface area contributed by atoms with Crippen LogP contribution in [0.3, 0.4) is 0 Å². The second-order valence-corrected chi connectivity index (χ2v) is 19.7. The molecular weight excluding hydrogens is 751 g/mol. The lowest BCUT2D eigenvalue weighted by Gasteiger charge is -2.69. The van der Waals surface area contributed by atoms with Crippen molar-refractivity contribution in [1.82, 2.24) is 20.9 Å². The molecule has 11 unspecified atom stereocenters. The van der Waals surface area contributed by atoms with Gasteiger partial charge in [0.15, 0.2) is 6.04 Å². The minimum Gasteiger partial charge on any atom is -0.480 e. The number of benzene rings is 1. The number of nitrogens with zero attached hydrogens (tertiary/aromatic N) is 1. The topological polar surface area (TPSA) is 221 Å². The van der Waals surface area contributed by atoms with Crippen LogP contribution >= 0.6 is 0 Å². The Morgan fingerprint density at radius 1 is 0.797 bits per heavy atom. The van der Waals surface area contributed by atoms with Crippen molar-refractivity contribution in [2.45, 2.75) is 129 Å². The molecule has 0 spiro atoms. The van der Waals surface area contributed by atoms with Gasteiger partial charge >= 0.3 is 11.9 Å². The van der Waals surface area contributed by atoms with Crippen molar-refractivity contribution in [2.24, 2.45) is 57.0 Å². The first-order valence-electron chi connectivity index (χ1n) is 21.7. The molecule has 13 nitrogen and oxygen atoms in total. The van der Waals surface area contributed by atoms with Crippen LogP contribution in [0.4, 0.5) is 0 Å². The number of pyridine rings is 1. The first-order chi connectivity index (χ1) is 27.9. The Balaban J connectivity index is 0.917. The lowest BCUT2D eigenvalue weighted by atomic mass is 9.36. The molecule has 8 N–H and O–H groups in total. The van der Waals surface area contributed by atoms with Crippen molar-refractivity contribution in [3.05, 3.63) is 65.0 Å². The third-order valence-electron chi connectivity index (χ3n) is 16.5. The molecule has 320 valence electrons. The number of carboxylic acid groups (broad SMARTS) is 2. The Morgan fingerprint density at radius 2 is 1.56 bits per heavy atom. The van der Waals surface area contributed by atoms with Crippen LogP contribution in [0, 0.1) is 51.2 Å². The summed E-state index contributed by atoms with van der Waals surface area (Å²) in [6.45, 7) is 10.3. The third kappa shape index (κ3) is 7.66. The van der Waals surface area contributed by atoms with E-state index in [4.69, 9.17) is 10.8 Å². The number of nitrogens with one attached hydrogen (secondary N) is 3. The zero-order chi connectivity index (χ0) is 42.5. The van der Waals surface area contributed by atoms with E-state index in [2.05, 4.69) is 48.6 Å². The van der Waals surface area contributed by atoms with E-state index >= 15 is 0 Å². The lowest BCUT2D eigenvalue weighted by molar-refractivity contribution is -0.214. The molecule has 11 atom stereocenters. The fourth-order valence-corrected chi connectivity index (χ4v) is 13.6. The maximum Gasteiger partial charge on any atom is 0.328 e. The number of rotatable bonds is 12. The van der Waals surface area contributed by atoms with Gasteiger partial charge in [-0.05, 0) is 146 Å². The van der Waals surface area contributed by atoms with Crippen molar-refractivity contribution < 1.29 is 39.3 Å². The molecule has 3 amide bonds. The van der Waals surface area contributed by atoms with Crippen molar-refractivity contribution in [1.29, 1.82) is 0 Å². The highest BCUT2D eigenvalue weighted by Crippen LogP contribution is 2.73. The number of amides is 3. The fraction of sp³-hybridized carbons (Fsp3) is 0.652. The second kappa shape index (κ2) is 16.2. The molecule has 7 rings (SSSR count). The van der Waals surface area contributed by atoms with Gasteiger partial charge in [0.1, 0.15) is 6.04 Å². The summed E-state index contributed by atoms with van der Waals surface area (Å²) in [4.78, 5) is 66.7. The number of aliphatic hydroxyl groups excluding tert-OH is 1. The molecule has 13 heteroatoms. The molecule has 0 bridgehead atoms. The van der Waals surface area contributed by atoms with Crippen LogP contribution in [0.5, 0.6) is 0 Å². The standard InChI is InChI=1S/C46H63N5O8/c1-43(2)33-15-19-44(3)31-14-21-46(18-6-9-32(46)30(31)12-13-34(44)45(33,4)20-16-35(43)52)42(59)48-22-17-26-7-5-8-27(23-26)38(53)50-25-29-11-10-28(24-49-29)39(54)51-37(41(57)58)36(47)40(55)56/h5,7-8,10-11,23-24,30-37,52H,6,9,12-22,25,47H2,1-4H3,(H,48,59)(H,50,53)(H,51,54)(H,55,56)(H,57,58). The van der Waals surface area contributed by atoms with E-state index in [1.807, 2.05) is 18.2 Å². The van der Waals surface area contributed by atoms with E-state index < -0.39 is 29.9 Å². The number of fused-ring (bicyclic) bond motifs is 7. The molecule has 5 aliphatic rings. The van der Waals surface area contributed by atoms with E-state index in [-0.39, 0.29) is 51.7 Å². The van der Waals surface area contributed by atoms with Gasteiger partial charge < -0.3 is 37.0 Å². The van der Waals surface area contributed by atoms with Crippen LogP contribution in [-0.2, 0) is 27.3 Å². The van der Waals surface area contributed by atoms with E-state index in [1.54, 1.807) is 6.07 Å². The van der Waals surface area contributed by atoms with Gasteiger partial charge in [-0.1, -0.05) is 46.2 Å². The third-order valence-corrected chi connectivity index (χ3v) is 16.5. The van der Waals surface area contributed by atoms with Gasteiger partial charge in [-0.15, -0.1) is 0 Å². The molecule has 0 radical (unpaired) electrons. The Kier molecular flexibility index (Phi) is 11.8. The average molecular weight is 814 g/mol. The van der Waals surface area contributed by atoms with Gasteiger partial charge in [-0.2, -0.15) is 0 Å². The largest absolute Gasteiger partial charge is 0.480 e. The predicted molar refractivity (Wildman–Crippen MR) is 220 cm³/mol. The van der Waals surface area contributed by atoms with Crippen molar-refractivity contribution >= 4 is 29.7 Å². The van der Waals surface area contributed by atoms with Crippen LogP contribution in [0.2, 0.25) is 0 Å². The molecular formula is C46H63N5O8. The molecule has 0 aliphatic heterocycles. The van der Waals surface area contributed by atoms with E-state index in [9.17, 15) is 34.2 Å². The number of carbonyl (C=O) groups excluding carboxylic acids is 3. The normalized spacial score (nSPS) is 34.1. The van der Waals surface area contributed by atoms with Gasteiger partial charge in [0.2, 0.25) is 5.91 Å². The molecule has 0 saturated heterocycles.